The van der Waals surface area contributed by atoms with Crippen LogP contribution in [0.2, 0.25) is 0 Å². The molecule has 2 N–H and O–H groups in total. The van der Waals surface area contributed by atoms with Gasteiger partial charge in [-0.3, -0.25) is 9.20 Å². The van der Waals surface area contributed by atoms with Crippen LogP contribution in [0, 0.1) is 5.82 Å². The van der Waals surface area contributed by atoms with Crippen molar-refractivity contribution < 1.29 is 14.3 Å². The molecule has 2 heterocycles. The highest BCUT2D eigenvalue weighted by molar-refractivity contribution is 9.10. The Bertz CT molecular complexity index is 716. The molecule has 1 amide bonds. The fraction of sp³-hybridized carbons (Fsp3) is 0.182. The highest BCUT2D eigenvalue weighted by Crippen LogP contribution is 2.18. The maximum Gasteiger partial charge on any atom is 0.405 e. The molecule has 0 bridgehead atoms. The van der Waals surface area contributed by atoms with E-state index >= 15 is 0 Å². The Morgan fingerprint density at radius 3 is 2.89 bits per heavy atom. The van der Waals surface area contributed by atoms with Crippen LogP contribution in [0.4, 0.5) is 9.18 Å². The first-order valence-corrected chi connectivity index (χ1v) is 6.06. The van der Waals surface area contributed by atoms with Crippen molar-refractivity contribution in [2.24, 2.45) is 0 Å². The van der Waals surface area contributed by atoms with Gasteiger partial charge in [-0.1, -0.05) is 0 Å². The maximum atomic E-state index is 13.1. The molecule has 1 atom stereocenters. The second-order valence-corrected chi connectivity index (χ2v) is 4.66. The number of nitrogens with one attached hydrogen (secondary N) is 1. The molecule has 0 aromatic carbocycles. The van der Waals surface area contributed by atoms with Gasteiger partial charge in [-0.15, -0.1) is 0 Å². The average molecular weight is 330 g/mol. The van der Waals surface area contributed by atoms with Crippen LogP contribution in [0.3, 0.4) is 0 Å². The molecule has 8 heteroatoms. The van der Waals surface area contributed by atoms with E-state index in [4.69, 9.17) is 5.11 Å². The third-order valence-electron chi connectivity index (χ3n) is 2.51. The molecule has 2 rings (SSSR count). The van der Waals surface area contributed by atoms with Gasteiger partial charge in [0.15, 0.2) is 0 Å². The van der Waals surface area contributed by atoms with Crippen LogP contribution in [0.15, 0.2) is 27.6 Å². The molecule has 0 spiro atoms. The lowest BCUT2D eigenvalue weighted by molar-refractivity contribution is 0.190. The molecule has 19 heavy (non-hydrogen) atoms. The van der Waals surface area contributed by atoms with Gasteiger partial charge in [-0.05, 0) is 35.0 Å². The maximum absolute atomic E-state index is 13.1. The third kappa shape index (κ3) is 2.58. The van der Waals surface area contributed by atoms with Crippen molar-refractivity contribution in [3.05, 3.63) is 44.7 Å². The Kier molecular flexibility index (Phi) is 3.52. The first-order chi connectivity index (χ1) is 8.90. The molecule has 0 saturated heterocycles. The lowest BCUT2D eigenvalue weighted by Crippen LogP contribution is -2.28. The van der Waals surface area contributed by atoms with Crippen LogP contribution in [0.5, 0.6) is 0 Å². The van der Waals surface area contributed by atoms with Gasteiger partial charge in [0, 0.05) is 6.20 Å². The van der Waals surface area contributed by atoms with E-state index in [9.17, 15) is 14.0 Å². The molecular weight excluding hydrogens is 321 g/mol. The second-order valence-electron chi connectivity index (χ2n) is 3.86. The second kappa shape index (κ2) is 4.96. The van der Waals surface area contributed by atoms with Crippen molar-refractivity contribution in [1.29, 1.82) is 0 Å². The molecule has 0 saturated carbocycles. The van der Waals surface area contributed by atoms with Crippen LogP contribution in [-0.4, -0.2) is 20.6 Å². The zero-order valence-electron chi connectivity index (χ0n) is 9.72. The molecule has 2 aromatic heterocycles. The number of nitrogens with zero attached hydrogens (tertiary/aromatic N) is 2. The van der Waals surface area contributed by atoms with Crippen molar-refractivity contribution in [2.75, 3.05) is 0 Å². The van der Waals surface area contributed by atoms with Crippen molar-refractivity contribution in [3.63, 3.8) is 0 Å². The fourth-order valence-electron chi connectivity index (χ4n) is 1.65. The monoisotopic (exact) mass is 329 g/mol. The predicted molar refractivity (Wildman–Crippen MR) is 68.7 cm³/mol. The van der Waals surface area contributed by atoms with Crippen LogP contribution in [-0.2, 0) is 0 Å². The highest BCUT2D eigenvalue weighted by Gasteiger charge is 2.17. The van der Waals surface area contributed by atoms with Gasteiger partial charge in [0.1, 0.15) is 15.9 Å². The minimum Gasteiger partial charge on any atom is -0.465 e. The van der Waals surface area contributed by atoms with E-state index in [1.165, 1.54) is 12.1 Å². The summed E-state index contributed by atoms with van der Waals surface area (Å²) in [5.41, 5.74) is -0.0128. The SMILES string of the molecule is CC(NC(=O)O)c1nc2ccc(F)cn2c(=O)c1Br. The molecule has 1 unspecified atom stereocenters. The number of hydrogen-bond donors (Lipinski definition) is 2. The number of fused-ring (bicyclic) bond motifs is 1. The van der Waals surface area contributed by atoms with Crippen LogP contribution in [0.25, 0.3) is 5.65 Å². The van der Waals surface area contributed by atoms with Gasteiger partial charge in [0.2, 0.25) is 0 Å². The van der Waals surface area contributed by atoms with Gasteiger partial charge < -0.3 is 10.4 Å². The molecule has 100 valence electrons. The summed E-state index contributed by atoms with van der Waals surface area (Å²) >= 11 is 3.07. The quantitative estimate of drug-likeness (QED) is 0.881. The van der Waals surface area contributed by atoms with Gasteiger partial charge in [-0.25, -0.2) is 14.2 Å². The Hall–Kier alpha value is -1.96. The van der Waals surface area contributed by atoms with Crippen molar-refractivity contribution in [3.8, 4) is 0 Å². The number of carboxylic acid groups (broad SMARTS) is 1. The number of hydrogen-bond acceptors (Lipinski definition) is 3. The normalized spacial score (nSPS) is 12.4. The van der Waals surface area contributed by atoms with Crippen LogP contribution >= 0.6 is 15.9 Å². The number of pyridine rings is 1. The van der Waals surface area contributed by atoms with Gasteiger partial charge >= 0.3 is 6.09 Å². The summed E-state index contributed by atoms with van der Waals surface area (Å²) in [5, 5.41) is 10.9. The number of carbonyl (C=O) groups is 1. The summed E-state index contributed by atoms with van der Waals surface area (Å²) in [4.78, 5) is 26.8. The van der Waals surface area contributed by atoms with Crippen molar-refractivity contribution in [2.45, 2.75) is 13.0 Å². The molecule has 0 radical (unpaired) electrons. The molecule has 0 aliphatic heterocycles. The Labute approximate surface area is 115 Å². The summed E-state index contributed by atoms with van der Waals surface area (Å²) in [7, 11) is 0. The number of rotatable bonds is 2. The summed E-state index contributed by atoms with van der Waals surface area (Å²) in [6, 6.07) is 1.85. The number of aromatic nitrogens is 2. The topological polar surface area (TPSA) is 83.7 Å². The van der Waals surface area contributed by atoms with E-state index in [1.807, 2.05) is 0 Å². The first-order valence-electron chi connectivity index (χ1n) is 5.27. The van der Waals surface area contributed by atoms with Crippen molar-refractivity contribution >= 4 is 27.7 Å². The largest absolute Gasteiger partial charge is 0.465 e. The minimum absolute atomic E-state index is 0.0943. The summed E-state index contributed by atoms with van der Waals surface area (Å²) in [6.07, 6.45) is -0.199. The molecule has 2 aromatic rings. The zero-order valence-corrected chi connectivity index (χ0v) is 11.3. The summed E-state index contributed by atoms with van der Waals surface area (Å²) in [5.74, 6) is -0.562. The Morgan fingerprint density at radius 1 is 1.58 bits per heavy atom. The lowest BCUT2D eigenvalue weighted by atomic mass is 10.2. The van der Waals surface area contributed by atoms with Crippen LogP contribution < -0.4 is 10.9 Å². The molecule has 0 aliphatic carbocycles. The molecular formula is C11H9BrFN3O3. The smallest absolute Gasteiger partial charge is 0.405 e. The van der Waals surface area contributed by atoms with E-state index in [2.05, 4.69) is 26.2 Å². The summed E-state index contributed by atoms with van der Waals surface area (Å²) < 4.78 is 14.2. The standard InChI is InChI=1S/C11H9BrFN3O3/c1-5(14-11(18)19)9-8(12)10(17)16-4-6(13)2-3-7(16)15-9/h2-5,14H,1H3,(H,18,19). The number of halogens is 2. The Balaban J connectivity index is 2.64. The summed E-state index contributed by atoms with van der Waals surface area (Å²) in [6.45, 7) is 1.56. The highest BCUT2D eigenvalue weighted by atomic mass is 79.9. The zero-order chi connectivity index (χ0) is 14.2. The van der Waals surface area contributed by atoms with Gasteiger partial charge in [-0.2, -0.15) is 0 Å². The van der Waals surface area contributed by atoms with Gasteiger partial charge in [0.25, 0.3) is 5.56 Å². The van der Waals surface area contributed by atoms with E-state index in [1.54, 1.807) is 6.92 Å². The third-order valence-corrected chi connectivity index (χ3v) is 3.25. The molecule has 6 nitrogen and oxygen atoms in total. The predicted octanol–water partition coefficient (Wildman–Crippen LogP) is 1.92. The minimum atomic E-state index is -1.22. The number of amides is 1. The van der Waals surface area contributed by atoms with E-state index in [-0.39, 0.29) is 15.8 Å². The van der Waals surface area contributed by atoms with Crippen molar-refractivity contribution in [1.82, 2.24) is 14.7 Å². The molecule has 0 fully saturated rings. The van der Waals surface area contributed by atoms with E-state index in [0.717, 1.165) is 10.6 Å². The Morgan fingerprint density at radius 2 is 2.26 bits per heavy atom. The lowest BCUT2D eigenvalue weighted by Gasteiger charge is -2.13. The average Bonchev–Trinajstić information content (AvgIpc) is 2.33. The first kappa shape index (κ1) is 13.5. The van der Waals surface area contributed by atoms with Gasteiger partial charge in [0.05, 0.1) is 11.7 Å². The van der Waals surface area contributed by atoms with Crippen LogP contribution in [0.1, 0.15) is 18.7 Å². The fourth-order valence-corrected chi connectivity index (χ4v) is 2.27. The molecule has 0 aliphatic rings. The van der Waals surface area contributed by atoms with E-state index < -0.39 is 23.5 Å². The van der Waals surface area contributed by atoms with E-state index in [0.29, 0.717) is 0 Å².